The van der Waals surface area contributed by atoms with Gasteiger partial charge in [-0.1, -0.05) is 26.0 Å². The lowest BCUT2D eigenvalue weighted by Gasteiger charge is -2.27. The molecule has 2 nitrogen and oxygen atoms in total. The highest BCUT2D eigenvalue weighted by Crippen LogP contribution is 2.29. The Labute approximate surface area is 103 Å². The molecule has 0 aliphatic heterocycles. The van der Waals surface area contributed by atoms with Crippen LogP contribution in [-0.4, -0.2) is 18.2 Å². The maximum Gasteiger partial charge on any atom is 0.146 e. The van der Waals surface area contributed by atoms with Gasteiger partial charge in [0.25, 0.3) is 0 Å². The third kappa shape index (κ3) is 3.43. The van der Waals surface area contributed by atoms with Crippen molar-refractivity contribution >= 4 is 5.69 Å². The quantitative estimate of drug-likeness (QED) is 0.821. The number of anilines is 1. The van der Waals surface area contributed by atoms with E-state index in [1.807, 2.05) is 4.90 Å². The van der Waals surface area contributed by atoms with Crippen molar-refractivity contribution in [1.29, 1.82) is 0 Å². The van der Waals surface area contributed by atoms with E-state index in [1.54, 1.807) is 19.1 Å². The maximum absolute atomic E-state index is 14.0. The minimum Gasteiger partial charge on any atom is -0.389 e. The van der Waals surface area contributed by atoms with Crippen LogP contribution in [0.2, 0.25) is 0 Å². The van der Waals surface area contributed by atoms with Crippen LogP contribution in [0.5, 0.6) is 0 Å². The van der Waals surface area contributed by atoms with Crippen LogP contribution in [0.25, 0.3) is 0 Å². The highest BCUT2D eigenvalue weighted by Gasteiger charge is 2.17. The third-order valence-corrected chi connectivity index (χ3v) is 2.77. The van der Waals surface area contributed by atoms with Gasteiger partial charge in [0.2, 0.25) is 0 Å². The summed E-state index contributed by atoms with van der Waals surface area (Å²) in [6.07, 6.45) is 1.29. The molecule has 0 amide bonds. The molecule has 0 aliphatic carbocycles. The summed E-state index contributed by atoms with van der Waals surface area (Å²) < 4.78 is 14.0. The van der Waals surface area contributed by atoms with Crippen molar-refractivity contribution in [2.75, 3.05) is 18.0 Å². The SMILES string of the molecule is CCCN(CCC)c1c(F)cccc1[C@H](C)O. The summed E-state index contributed by atoms with van der Waals surface area (Å²) in [7, 11) is 0. The first-order valence-electron chi connectivity index (χ1n) is 6.33. The van der Waals surface area contributed by atoms with Crippen molar-refractivity contribution in [3.63, 3.8) is 0 Å². The Morgan fingerprint density at radius 3 is 2.29 bits per heavy atom. The predicted molar refractivity (Wildman–Crippen MR) is 69.8 cm³/mol. The van der Waals surface area contributed by atoms with Crippen LogP contribution in [0.1, 0.15) is 45.3 Å². The zero-order chi connectivity index (χ0) is 12.8. The Kier molecular flexibility index (Phi) is 5.42. The first-order chi connectivity index (χ1) is 8.11. The van der Waals surface area contributed by atoms with Crippen molar-refractivity contribution in [3.8, 4) is 0 Å². The summed E-state index contributed by atoms with van der Waals surface area (Å²) >= 11 is 0. The van der Waals surface area contributed by atoms with Crippen LogP contribution in [0.3, 0.4) is 0 Å². The largest absolute Gasteiger partial charge is 0.389 e. The van der Waals surface area contributed by atoms with Crippen molar-refractivity contribution in [1.82, 2.24) is 0 Å². The number of nitrogens with zero attached hydrogens (tertiary/aromatic N) is 1. The van der Waals surface area contributed by atoms with Crippen LogP contribution < -0.4 is 4.90 Å². The molecule has 1 aromatic carbocycles. The van der Waals surface area contributed by atoms with E-state index >= 15 is 0 Å². The zero-order valence-corrected chi connectivity index (χ0v) is 10.9. The number of hydrogen-bond acceptors (Lipinski definition) is 2. The normalized spacial score (nSPS) is 12.5. The average molecular weight is 239 g/mol. The van der Waals surface area contributed by atoms with Gasteiger partial charge in [-0.2, -0.15) is 0 Å². The summed E-state index contributed by atoms with van der Waals surface area (Å²) in [5.41, 5.74) is 1.23. The van der Waals surface area contributed by atoms with E-state index in [1.165, 1.54) is 6.07 Å². The molecule has 1 atom stereocenters. The first kappa shape index (κ1) is 14.0. The Hall–Kier alpha value is -1.09. The average Bonchev–Trinajstić information content (AvgIpc) is 2.28. The lowest BCUT2D eigenvalue weighted by molar-refractivity contribution is 0.199. The van der Waals surface area contributed by atoms with Gasteiger partial charge < -0.3 is 10.0 Å². The molecule has 0 radical (unpaired) electrons. The van der Waals surface area contributed by atoms with E-state index in [0.717, 1.165) is 25.9 Å². The van der Waals surface area contributed by atoms with Crippen LogP contribution >= 0.6 is 0 Å². The summed E-state index contributed by atoms with van der Waals surface area (Å²) in [6.45, 7) is 7.45. The number of benzene rings is 1. The molecule has 0 heterocycles. The molecular weight excluding hydrogens is 217 g/mol. The molecule has 0 spiro atoms. The Morgan fingerprint density at radius 1 is 1.24 bits per heavy atom. The number of rotatable bonds is 6. The predicted octanol–water partition coefficient (Wildman–Crippen LogP) is 3.51. The number of halogens is 1. The van der Waals surface area contributed by atoms with E-state index in [0.29, 0.717) is 11.3 Å². The Morgan fingerprint density at radius 2 is 1.82 bits per heavy atom. The topological polar surface area (TPSA) is 23.5 Å². The number of aliphatic hydroxyl groups is 1. The molecule has 0 fully saturated rings. The van der Waals surface area contributed by atoms with Crippen molar-refractivity contribution in [2.45, 2.75) is 39.7 Å². The molecule has 0 aliphatic rings. The third-order valence-electron chi connectivity index (χ3n) is 2.77. The van der Waals surface area contributed by atoms with E-state index in [2.05, 4.69) is 13.8 Å². The van der Waals surface area contributed by atoms with Gasteiger partial charge in [-0.3, -0.25) is 0 Å². The Balaban J connectivity index is 3.14. The van der Waals surface area contributed by atoms with Crippen LogP contribution in [-0.2, 0) is 0 Å². The molecule has 1 rings (SSSR count). The monoisotopic (exact) mass is 239 g/mol. The van der Waals surface area contributed by atoms with Crippen LogP contribution in [0.4, 0.5) is 10.1 Å². The van der Waals surface area contributed by atoms with Gasteiger partial charge in [-0.25, -0.2) is 4.39 Å². The van der Waals surface area contributed by atoms with Crippen LogP contribution in [0.15, 0.2) is 18.2 Å². The summed E-state index contributed by atoms with van der Waals surface area (Å²) in [4.78, 5) is 2.03. The van der Waals surface area contributed by atoms with E-state index in [9.17, 15) is 9.50 Å². The van der Waals surface area contributed by atoms with Gasteiger partial charge in [0.05, 0.1) is 11.8 Å². The maximum atomic E-state index is 14.0. The van der Waals surface area contributed by atoms with E-state index in [4.69, 9.17) is 0 Å². The van der Waals surface area contributed by atoms with E-state index in [-0.39, 0.29) is 5.82 Å². The minimum absolute atomic E-state index is 0.245. The second kappa shape index (κ2) is 6.60. The molecule has 0 bridgehead atoms. The molecular formula is C14H22FNO. The Bertz CT molecular complexity index is 346. The first-order valence-corrected chi connectivity index (χ1v) is 6.33. The number of hydrogen-bond donors (Lipinski definition) is 1. The lowest BCUT2D eigenvalue weighted by Crippen LogP contribution is -2.27. The molecule has 1 N–H and O–H groups in total. The van der Waals surface area contributed by atoms with Crippen LogP contribution in [0, 0.1) is 5.82 Å². The summed E-state index contributed by atoms with van der Waals surface area (Å²) in [5.74, 6) is -0.245. The highest BCUT2D eigenvalue weighted by molar-refractivity contribution is 5.55. The number of aliphatic hydroxyl groups excluding tert-OH is 1. The molecule has 0 saturated carbocycles. The smallest absolute Gasteiger partial charge is 0.146 e. The van der Waals surface area contributed by atoms with Gasteiger partial charge in [0.15, 0.2) is 0 Å². The standard InChI is InChI=1S/C14H22FNO/c1-4-9-16(10-5-2)14-12(11(3)17)7-6-8-13(14)15/h6-8,11,17H,4-5,9-10H2,1-3H3/t11-/m0/s1. The number of para-hydroxylation sites is 1. The second-order valence-corrected chi connectivity index (χ2v) is 4.34. The molecule has 0 aromatic heterocycles. The molecule has 96 valence electrons. The van der Waals surface area contributed by atoms with Crippen molar-refractivity contribution in [3.05, 3.63) is 29.6 Å². The van der Waals surface area contributed by atoms with Crippen molar-refractivity contribution < 1.29 is 9.50 Å². The van der Waals surface area contributed by atoms with Gasteiger partial charge in [0, 0.05) is 18.7 Å². The van der Waals surface area contributed by atoms with Gasteiger partial charge in [0.1, 0.15) is 5.82 Å². The summed E-state index contributed by atoms with van der Waals surface area (Å²) in [5, 5.41) is 9.72. The highest BCUT2D eigenvalue weighted by atomic mass is 19.1. The van der Waals surface area contributed by atoms with Gasteiger partial charge in [-0.05, 0) is 25.8 Å². The minimum atomic E-state index is -0.642. The fraction of sp³-hybridized carbons (Fsp3) is 0.571. The lowest BCUT2D eigenvalue weighted by atomic mass is 10.1. The molecule has 17 heavy (non-hydrogen) atoms. The molecule has 0 unspecified atom stereocenters. The van der Waals surface area contributed by atoms with Gasteiger partial charge >= 0.3 is 0 Å². The van der Waals surface area contributed by atoms with Crippen molar-refractivity contribution in [2.24, 2.45) is 0 Å². The fourth-order valence-electron chi connectivity index (χ4n) is 2.08. The second-order valence-electron chi connectivity index (χ2n) is 4.34. The molecule has 0 saturated heterocycles. The zero-order valence-electron chi connectivity index (χ0n) is 10.9. The van der Waals surface area contributed by atoms with Gasteiger partial charge in [-0.15, -0.1) is 0 Å². The summed E-state index contributed by atoms with van der Waals surface area (Å²) in [6, 6.07) is 4.90. The molecule has 3 heteroatoms. The fourth-order valence-corrected chi connectivity index (χ4v) is 2.08. The van der Waals surface area contributed by atoms with E-state index < -0.39 is 6.10 Å². The molecule has 1 aromatic rings.